The van der Waals surface area contributed by atoms with Crippen LogP contribution in [0.2, 0.25) is 0 Å². The SMILES string of the molecule is CCCCCCCC/C=C\CCCCCCCCCCCC(=O)OC(COC(=O)CCCCCCC/C=C\CCCCCCCCC)COC(=O)CCCCCCCCCCC/C=C\CCCCCCCCCC. The predicted molar refractivity (Wildman–Crippen MR) is 321 cm³/mol. The number of rotatable bonds is 61. The molecule has 0 saturated carbocycles. The smallest absolute Gasteiger partial charge is 0.306 e. The third-order valence-corrected chi connectivity index (χ3v) is 14.8. The minimum Gasteiger partial charge on any atom is -0.462 e. The summed E-state index contributed by atoms with van der Waals surface area (Å²) >= 11 is 0. The van der Waals surface area contributed by atoms with E-state index in [2.05, 4.69) is 57.2 Å². The summed E-state index contributed by atoms with van der Waals surface area (Å²) in [6.07, 6.45) is 77.2. The summed E-state index contributed by atoms with van der Waals surface area (Å²) in [6, 6.07) is 0. The van der Waals surface area contributed by atoms with E-state index in [-0.39, 0.29) is 31.1 Å². The zero-order chi connectivity index (χ0) is 53.6. The molecule has 0 rings (SSSR count). The highest BCUT2D eigenvalue weighted by atomic mass is 16.6. The molecule has 74 heavy (non-hydrogen) atoms. The number of esters is 3. The summed E-state index contributed by atoms with van der Waals surface area (Å²) in [7, 11) is 0. The molecule has 0 bridgehead atoms. The minimum atomic E-state index is -0.777. The molecule has 0 aliphatic rings. The summed E-state index contributed by atoms with van der Waals surface area (Å²) in [5.41, 5.74) is 0. The number of carbonyl (C=O) groups excluding carboxylic acids is 3. The summed E-state index contributed by atoms with van der Waals surface area (Å²) in [4.78, 5) is 38.4. The molecule has 1 atom stereocenters. The van der Waals surface area contributed by atoms with Crippen molar-refractivity contribution in [3.05, 3.63) is 36.5 Å². The lowest BCUT2D eigenvalue weighted by atomic mass is 10.1. The van der Waals surface area contributed by atoms with Gasteiger partial charge in [0.05, 0.1) is 0 Å². The van der Waals surface area contributed by atoms with E-state index in [1.807, 2.05) is 0 Å². The van der Waals surface area contributed by atoms with Gasteiger partial charge in [0, 0.05) is 19.3 Å². The lowest BCUT2D eigenvalue weighted by molar-refractivity contribution is -0.167. The second kappa shape index (κ2) is 63.2. The Morgan fingerprint density at radius 2 is 0.446 bits per heavy atom. The molecule has 0 aromatic rings. The third-order valence-electron chi connectivity index (χ3n) is 14.8. The molecule has 6 heteroatoms. The first kappa shape index (κ1) is 71.6. The van der Waals surface area contributed by atoms with Crippen LogP contribution in [-0.2, 0) is 28.6 Å². The van der Waals surface area contributed by atoms with Gasteiger partial charge in [-0.05, 0) is 96.3 Å². The lowest BCUT2D eigenvalue weighted by Gasteiger charge is -2.18. The van der Waals surface area contributed by atoms with Gasteiger partial charge in [0.15, 0.2) is 6.10 Å². The lowest BCUT2D eigenvalue weighted by Crippen LogP contribution is -2.30. The van der Waals surface area contributed by atoms with Crippen molar-refractivity contribution in [1.29, 1.82) is 0 Å². The van der Waals surface area contributed by atoms with E-state index >= 15 is 0 Å². The van der Waals surface area contributed by atoms with E-state index in [1.54, 1.807) is 0 Å². The summed E-state index contributed by atoms with van der Waals surface area (Å²) < 4.78 is 17.0. The van der Waals surface area contributed by atoms with Crippen molar-refractivity contribution < 1.29 is 28.6 Å². The van der Waals surface area contributed by atoms with E-state index in [1.165, 1.54) is 257 Å². The monoisotopic (exact) mass is 1040 g/mol. The highest BCUT2D eigenvalue weighted by molar-refractivity contribution is 5.71. The van der Waals surface area contributed by atoms with E-state index < -0.39 is 6.10 Å². The Hall–Kier alpha value is -2.37. The van der Waals surface area contributed by atoms with Gasteiger partial charge < -0.3 is 14.2 Å². The molecule has 1 unspecified atom stereocenters. The molecule has 0 saturated heterocycles. The highest BCUT2D eigenvalue weighted by Crippen LogP contribution is 2.17. The molecule has 0 fully saturated rings. The molecule has 0 aromatic heterocycles. The molecule has 434 valence electrons. The molecule has 0 amide bonds. The molecule has 6 nitrogen and oxygen atoms in total. The first-order chi connectivity index (χ1) is 36.5. The van der Waals surface area contributed by atoms with Crippen LogP contribution >= 0.6 is 0 Å². The fourth-order valence-electron chi connectivity index (χ4n) is 9.84. The summed E-state index contributed by atoms with van der Waals surface area (Å²) in [5, 5.41) is 0. The maximum absolute atomic E-state index is 12.9. The Bertz CT molecular complexity index is 1240. The molecular weight excluding hydrogens is 913 g/mol. The number of ether oxygens (including phenoxy) is 3. The second-order valence-corrected chi connectivity index (χ2v) is 22.4. The molecular formula is C68H126O6. The van der Waals surface area contributed by atoms with Crippen molar-refractivity contribution in [3.63, 3.8) is 0 Å². The first-order valence-electron chi connectivity index (χ1n) is 33.0. The summed E-state index contributed by atoms with van der Waals surface area (Å²) in [5.74, 6) is -0.862. The van der Waals surface area contributed by atoms with Crippen LogP contribution in [-0.4, -0.2) is 37.2 Å². The maximum Gasteiger partial charge on any atom is 0.306 e. The topological polar surface area (TPSA) is 78.9 Å². The molecule has 0 heterocycles. The zero-order valence-corrected chi connectivity index (χ0v) is 49.9. The van der Waals surface area contributed by atoms with Crippen molar-refractivity contribution >= 4 is 17.9 Å². The fourth-order valence-corrected chi connectivity index (χ4v) is 9.84. The maximum atomic E-state index is 12.9. The molecule has 0 aromatic carbocycles. The number of carbonyl (C=O) groups is 3. The van der Waals surface area contributed by atoms with Crippen molar-refractivity contribution in [2.45, 2.75) is 367 Å². The standard InChI is InChI=1S/C68H126O6/c1-4-7-10-13-16-19-22-25-28-31-33-34-36-37-40-43-46-49-52-55-58-61-67(70)73-64-65(63-72-66(69)60-57-54-51-48-45-42-39-30-27-24-21-18-15-12-9-6-3)74-68(71)62-59-56-53-50-47-44-41-38-35-32-29-26-23-20-17-14-11-8-5-2/h26,29-31,33,39,65H,4-25,27-28,32,34-38,40-64H2,1-3H3/b29-26-,33-31-,39-30-. The van der Waals surface area contributed by atoms with Gasteiger partial charge in [-0.1, -0.05) is 282 Å². The highest BCUT2D eigenvalue weighted by Gasteiger charge is 2.19. The van der Waals surface area contributed by atoms with Crippen molar-refractivity contribution in [2.24, 2.45) is 0 Å². The summed E-state index contributed by atoms with van der Waals surface area (Å²) in [6.45, 7) is 6.68. The number of allylic oxidation sites excluding steroid dienone is 6. The van der Waals surface area contributed by atoms with E-state index in [0.29, 0.717) is 19.3 Å². The van der Waals surface area contributed by atoms with Gasteiger partial charge in [-0.25, -0.2) is 0 Å². The second-order valence-electron chi connectivity index (χ2n) is 22.4. The Labute approximate surface area is 461 Å². The number of hydrogen-bond donors (Lipinski definition) is 0. The average Bonchev–Trinajstić information content (AvgIpc) is 3.40. The Morgan fingerprint density at radius 1 is 0.257 bits per heavy atom. The van der Waals surface area contributed by atoms with Crippen LogP contribution in [0.15, 0.2) is 36.5 Å². The molecule has 0 N–H and O–H groups in total. The van der Waals surface area contributed by atoms with Crippen LogP contribution in [0, 0.1) is 0 Å². The number of hydrogen-bond acceptors (Lipinski definition) is 6. The van der Waals surface area contributed by atoms with Gasteiger partial charge >= 0.3 is 17.9 Å². The molecule has 0 radical (unpaired) electrons. The third kappa shape index (κ3) is 60.5. The minimum absolute atomic E-state index is 0.0735. The van der Waals surface area contributed by atoms with Gasteiger partial charge in [-0.15, -0.1) is 0 Å². The van der Waals surface area contributed by atoms with Gasteiger partial charge in [-0.2, -0.15) is 0 Å². The number of unbranched alkanes of at least 4 members (excludes halogenated alkanes) is 44. The average molecular weight is 1040 g/mol. The molecule has 0 aliphatic carbocycles. The Balaban J connectivity index is 4.33. The molecule has 0 aliphatic heterocycles. The normalized spacial score (nSPS) is 12.2. The van der Waals surface area contributed by atoms with Crippen molar-refractivity contribution in [1.82, 2.24) is 0 Å². The van der Waals surface area contributed by atoms with Crippen LogP contribution in [0.5, 0.6) is 0 Å². The van der Waals surface area contributed by atoms with Crippen LogP contribution in [0.3, 0.4) is 0 Å². The van der Waals surface area contributed by atoms with E-state index in [9.17, 15) is 14.4 Å². The molecule has 0 spiro atoms. The van der Waals surface area contributed by atoms with Crippen LogP contribution in [0.25, 0.3) is 0 Å². The predicted octanol–water partition coefficient (Wildman–Crippen LogP) is 22.4. The largest absolute Gasteiger partial charge is 0.462 e. The van der Waals surface area contributed by atoms with Gasteiger partial charge in [-0.3, -0.25) is 14.4 Å². The van der Waals surface area contributed by atoms with E-state index in [0.717, 1.165) is 64.2 Å². The van der Waals surface area contributed by atoms with Crippen LogP contribution in [0.4, 0.5) is 0 Å². The Kier molecular flexibility index (Phi) is 61.1. The fraction of sp³-hybridized carbons (Fsp3) is 0.868. The quantitative estimate of drug-likeness (QED) is 0.0261. The van der Waals surface area contributed by atoms with Crippen LogP contribution < -0.4 is 0 Å². The van der Waals surface area contributed by atoms with Crippen molar-refractivity contribution in [2.75, 3.05) is 13.2 Å². The van der Waals surface area contributed by atoms with Crippen molar-refractivity contribution in [3.8, 4) is 0 Å². The van der Waals surface area contributed by atoms with Gasteiger partial charge in [0.25, 0.3) is 0 Å². The van der Waals surface area contributed by atoms with Crippen LogP contribution in [0.1, 0.15) is 361 Å². The Morgan fingerprint density at radius 3 is 0.676 bits per heavy atom. The first-order valence-corrected chi connectivity index (χ1v) is 33.0. The van der Waals surface area contributed by atoms with Gasteiger partial charge in [0.2, 0.25) is 0 Å². The van der Waals surface area contributed by atoms with E-state index in [4.69, 9.17) is 14.2 Å². The van der Waals surface area contributed by atoms with Gasteiger partial charge in [0.1, 0.15) is 13.2 Å². The zero-order valence-electron chi connectivity index (χ0n) is 49.9.